The van der Waals surface area contributed by atoms with Crippen molar-refractivity contribution in [3.8, 4) is 0 Å². The number of hydrogen-bond donors (Lipinski definition) is 1. The first-order valence-corrected chi connectivity index (χ1v) is 7.36. The topological polar surface area (TPSA) is 28.2 Å². The molecule has 2 rings (SSSR count). The van der Waals surface area contributed by atoms with Crippen LogP contribution in [0.25, 0.3) is 0 Å². The summed E-state index contributed by atoms with van der Waals surface area (Å²) in [6.07, 6.45) is 7.11. The van der Waals surface area contributed by atoms with Crippen molar-refractivity contribution in [1.29, 1.82) is 0 Å². The first-order valence-electron chi connectivity index (χ1n) is 6.57. The van der Waals surface area contributed by atoms with Crippen LogP contribution in [0.2, 0.25) is 0 Å². The molecule has 0 aromatic carbocycles. The van der Waals surface area contributed by atoms with E-state index in [1.807, 2.05) is 6.20 Å². The highest BCUT2D eigenvalue weighted by Gasteiger charge is 2.35. The van der Waals surface area contributed by atoms with Gasteiger partial charge in [0, 0.05) is 22.8 Å². The molecular formula is C14H22BrN3. The van der Waals surface area contributed by atoms with E-state index in [0.717, 1.165) is 16.8 Å². The van der Waals surface area contributed by atoms with Crippen LogP contribution in [0.3, 0.4) is 0 Å². The monoisotopic (exact) mass is 311 g/mol. The summed E-state index contributed by atoms with van der Waals surface area (Å²) in [5, 5.41) is 3.50. The largest absolute Gasteiger partial charge is 0.368 e. The summed E-state index contributed by atoms with van der Waals surface area (Å²) in [6, 6.07) is 2.10. The number of anilines is 1. The molecule has 0 amide bonds. The Balaban J connectivity index is 2.03. The zero-order valence-electron chi connectivity index (χ0n) is 11.5. The van der Waals surface area contributed by atoms with Gasteiger partial charge in [0.05, 0.1) is 0 Å². The van der Waals surface area contributed by atoms with Crippen LogP contribution in [0, 0.1) is 6.92 Å². The number of hydrogen-bond acceptors (Lipinski definition) is 3. The first-order chi connectivity index (χ1) is 8.53. The van der Waals surface area contributed by atoms with Crippen molar-refractivity contribution in [3.05, 3.63) is 22.3 Å². The predicted molar refractivity (Wildman–Crippen MR) is 80.0 cm³/mol. The number of nitrogens with zero attached hydrogens (tertiary/aromatic N) is 2. The lowest BCUT2D eigenvalue weighted by Gasteiger charge is -2.36. The van der Waals surface area contributed by atoms with E-state index in [2.05, 4.69) is 58.2 Å². The van der Waals surface area contributed by atoms with Gasteiger partial charge in [0.2, 0.25) is 0 Å². The molecule has 4 heteroatoms. The van der Waals surface area contributed by atoms with E-state index in [9.17, 15) is 0 Å². The number of aryl methyl sites for hydroxylation is 1. The SMILES string of the molecule is Cc1cc(NCC2(N(C)C)CCCC2)ncc1Br. The molecular weight excluding hydrogens is 290 g/mol. The highest BCUT2D eigenvalue weighted by Crippen LogP contribution is 2.33. The minimum atomic E-state index is 0.308. The number of nitrogens with one attached hydrogen (secondary N) is 1. The van der Waals surface area contributed by atoms with Gasteiger partial charge in [0.1, 0.15) is 5.82 Å². The molecule has 0 atom stereocenters. The van der Waals surface area contributed by atoms with Gasteiger partial charge < -0.3 is 10.2 Å². The van der Waals surface area contributed by atoms with E-state index in [-0.39, 0.29) is 0 Å². The minimum Gasteiger partial charge on any atom is -0.368 e. The number of pyridine rings is 1. The zero-order valence-corrected chi connectivity index (χ0v) is 13.0. The molecule has 0 radical (unpaired) electrons. The van der Waals surface area contributed by atoms with E-state index < -0.39 is 0 Å². The van der Waals surface area contributed by atoms with Crippen molar-refractivity contribution in [2.45, 2.75) is 38.1 Å². The third-order valence-electron chi connectivity index (χ3n) is 4.13. The van der Waals surface area contributed by atoms with Gasteiger partial charge >= 0.3 is 0 Å². The van der Waals surface area contributed by atoms with Crippen LogP contribution >= 0.6 is 15.9 Å². The lowest BCUT2D eigenvalue weighted by molar-refractivity contribution is 0.172. The Kier molecular flexibility index (Phi) is 4.28. The second kappa shape index (κ2) is 5.57. The van der Waals surface area contributed by atoms with E-state index >= 15 is 0 Å². The fraction of sp³-hybridized carbons (Fsp3) is 0.643. The normalized spacial score (nSPS) is 18.3. The van der Waals surface area contributed by atoms with Crippen molar-refractivity contribution in [2.24, 2.45) is 0 Å². The molecule has 1 N–H and O–H groups in total. The minimum absolute atomic E-state index is 0.308. The van der Waals surface area contributed by atoms with Crippen LogP contribution in [0.4, 0.5) is 5.82 Å². The third kappa shape index (κ3) is 2.86. The predicted octanol–water partition coefficient (Wildman–Crippen LogP) is 3.44. The standard InChI is InChI=1S/C14H22BrN3/c1-11-8-13(16-9-12(11)15)17-10-14(18(2)3)6-4-5-7-14/h8-9H,4-7,10H2,1-3H3,(H,16,17). The molecule has 1 aliphatic rings. The van der Waals surface area contributed by atoms with Crippen molar-refractivity contribution >= 4 is 21.7 Å². The molecule has 3 nitrogen and oxygen atoms in total. The lowest BCUT2D eigenvalue weighted by atomic mass is 9.96. The maximum atomic E-state index is 4.41. The van der Waals surface area contributed by atoms with Crippen LogP contribution in [0.5, 0.6) is 0 Å². The summed E-state index contributed by atoms with van der Waals surface area (Å²) < 4.78 is 1.07. The Morgan fingerprint density at radius 2 is 2.06 bits per heavy atom. The Hall–Kier alpha value is -0.610. The van der Waals surface area contributed by atoms with Crippen molar-refractivity contribution in [1.82, 2.24) is 9.88 Å². The lowest BCUT2D eigenvalue weighted by Crippen LogP contribution is -2.47. The number of aromatic nitrogens is 1. The maximum Gasteiger partial charge on any atom is 0.126 e. The Labute approximate surface area is 118 Å². The van der Waals surface area contributed by atoms with Gasteiger partial charge in [-0.2, -0.15) is 0 Å². The molecule has 0 saturated heterocycles. The fourth-order valence-electron chi connectivity index (χ4n) is 2.71. The first kappa shape index (κ1) is 13.8. The van der Waals surface area contributed by atoms with Gasteiger partial charge in [-0.1, -0.05) is 12.8 Å². The highest BCUT2D eigenvalue weighted by molar-refractivity contribution is 9.10. The molecule has 1 heterocycles. The molecule has 1 fully saturated rings. The van der Waals surface area contributed by atoms with Gasteiger partial charge in [0.25, 0.3) is 0 Å². The van der Waals surface area contributed by atoms with Gasteiger partial charge in [-0.25, -0.2) is 4.98 Å². The quantitative estimate of drug-likeness (QED) is 0.923. The molecule has 1 aromatic rings. The highest BCUT2D eigenvalue weighted by atomic mass is 79.9. The fourth-order valence-corrected chi connectivity index (χ4v) is 2.92. The third-order valence-corrected chi connectivity index (χ3v) is 4.96. The van der Waals surface area contributed by atoms with E-state index in [4.69, 9.17) is 0 Å². The number of halogens is 1. The molecule has 18 heavy (non-hydrogen) atoms. The average Bonchev–Trinajstić information content (AvgIpc) is 2.81. The number of rotatable bonds is 4. The summed E-state index contributed by atoms with van der Waals surface area (Å²) in [5.41, 5.74) is 1.53. The van der Waals surface area contributed by atoms with Gasteiger partial charge in [-0.15, -0.1) is 0 Å². The van der Waals surface area contributed by atoms with E-state index in [0.29, 0.717) is 5.54 Å². The smallest absolute Gasteiger partial charge is 0.126 e. The zero-order chi connectivity index (χ0) is 13.2. The summed E-state index contributed by atoms with van der Waals surface area (Å²) in [7, 11) is 4.38. The van der Waals surface area contributed by atoms with Gasteiger partial charge in [0.15, 0.2) is 0 Å². The van der Waals surface area contributed by atoms with Gasteiger partial charge in [-0.3, -0.25) is 0 Å². The van der Waals surface area contributed by atoms with Crippen molar-refractivity contribution < 1.29 is 0 Å². The molecule has 0 spiro atoms. The molecule has 100 valence electrons. The van der Waals surface area contributed by atoms with E-state index in [1.165, 1.54) is 31.2 Å². The molecule has 0 aliphatic heterocycles. The number of likely N-dealkylation sites (N-methyl/N-ethyl adjacent to an activating group) is 1. The molecule has 0 unspecified atom stereocenters. The maximum absolute atomic E-state index is 4.41. The van der Waals surface area contributed by atoms with E-state index in [1.54, 1.807) is 0 Å². The summed E-state index contributed by atoms with van der Waals surface area (Å²) in [4.78, 5) is 6.79. The second-order valence-corrected chi connectivity index (χ2v) is 6.35. The summed E-state index contributed by atoms with van der Waals surface area (Å²) in [6.45, 7) is 3.07. The molecule has 0 bridgehead atoms. The molecule has 1 aromatic heterocycles. The average molecular weight is 312 g/mol. The van der Waals surface area contributed by atoms with Crippen LogP contribution in [0.15, 0.2) is 16.7 Å². The van der Waals surface area contributed by atoms with Crippen LogP contribution in [-0.2, 0) is 0 Å². The second-order valence-electron chi connectivity index (χ2n) is 5.50. The Bertz CT molecular complexity index is 412. The van der Waals surface area contributed by atoms with Crippen LogP contribution < -0.4 is 5.32 Å². The van der Waals surface area contributed by atoms with Crippen molar-refractivity contribution in [2.75, 3.05) is 26.0 Å². The Morgan fingerprint density at radius 1 is 1.39 bits per heavy atom. The Morgan fingerprint density at radius 3 is 2.61 bits per heavy atom. The summed E-state index contributed by atoms with van der Waals surface area (Å²) >= 11 is 3.48. The molecule has 1 saturated carbocycles. The van der Waals surface area contributed by atoms with Crippen LogP contribution in [-0.4, -0.2) is 36.1 Å². The van der Waals surface area contributed by atoms with Gasteiger partial charge in [-0.05, 0) is 61.4 Å². The molecule has 1 aliphatic carbocycles. The summed E-state index contributed by atoms with van der Waals surface area (Å²) in [5.74, 6) is 0.976. The van der Waals surface area contributed by atoms with Crippen LogP contribution in [0.1, 0.15) is 31.2 Å². The van der Waals surface area contributed by atoms with Crippen molar-refractivity contribution in [3.63, 3.8) is 0 Å².